The van der Waals surface area contributed by atoms with E-state index < -0.39 is 5.82 Å². The number of carbonyl (C=O) groups excluding carboxylic acids is 1. The van der Waals surface area contributed by atoms with Gasteiger partial charge < -0.3 is 5.32 Å². The van der Waals surface area contributed by atoms with Gasteiger partial charge in [0.1, 0.15) is 11.5 Å². The maximum atomic E-state index is 13.5. The third kappa shape index (κ3) is 4.65. The van der Waals surface area contributed by atoms with Gasteiger partial charge in [-0.2, -0.15) is 0 Å². The van der Waals surface area contributed by atoms with E-state index >= 15 is 0 Å². The second-order valence-electron chi connectivity index (χ2n) is 6.97. The molecule has 1 atom stereocenters. The van der Waals surface area contributed by atoms with E-state index in [1.807, 2.05) is 30.5 Å². The number of pyridine rings is 2. The van der Waals surface area contributed by atoms with Crippen LogP contribution >= 0.6 is 11.3 Å². The molecule has 30 heavy (non-hydrogen) atoms. The lowest BCUT2D eigenvalue weighted by Gasteiger charge is -2.14. The molecule has 0 fully saturated rings. The van der Waals surface area contributed by atoms with E-state index in [4.69, 9.17) is 0 Å². The summed E-state index contributed by atoms with van der Waals surface area (Å²) in [5, 5.41) is 5.06. The number of nitrogens with zero attached hydrogens (tertiary/aromatic N) is 4. The first kappa shape index (κ1) is 20.0. The largest absolute Gasteiger partial charge is 0.348 e. The lowest BCUT2D eigenvalue weighted by Crippen LogP contribution is -2.12. The smallest absolute Gasteiger partial charge is 0.224 e. The van der Waals surface area contributed by atoms with Gasteiger partial charge in [0.2, 0.25) is 5.95 Å². The summed E-state index contributed by atoms with van der Waals surface area (Å²) in [5.74, 6) is -0.0717. The van der Waals surface area contributed by atoms with Crippen LogP contribution in [0.3, 0.4) is 0 Å². The van der Waals surface area contributed by atoms with Gasteiger partial charge in [0, 0.05) is 25.0 Å². The van der Waals surface area contributed by atoms with Gasteiger partial charge in [-0.3, -0.25) is 14.8 Å². The van der Waals surface area contributed by atoms with Crippen LogP contribution in [-0.4, -0.2) is 25.7 Å². The van der Waals surface area contributed by atoms with Crippen molar-refractivity contribution in [2.45, 2.75) is 32.2 Å². The van der Waals surface area contributed by atoms with E-state index in [-0.39, 0.29) is 11.8 Å². The lowest BCUT2D eigenvalue weighted by molar-refractivity contribution is 0.0977. The molecule has 152 valence electrons. The molecular formula is C22H20FN5OS. The van der Waals surface area contributed by atoms with E-state index in [2.05, 4.69) is 25.3 Å². The minimum atomic E-state index is -0.402. The number of ketones is 1. The van der Waals surface area contributed by atoms with Crippen molar-refractivity contribution in [1.29, 1.82) is 0 Å². The van der Waals surface area contributed by atoms with Gasteiger partial charge in [-0.05, 0) is 60.5 Å². The van der Waals surface area contributed by atoms with Gasteiger partial charge in [-0.25, -0.2) is 14.4 Å². The Morgan fingerprint density at radius 3 is 2.80 bits per heavy atom. The molecule has 0 aliphatic carbocycles. The first-order valence-electron chi connectivity index (χ1n) is 9.64. The molecule has 0 unspecified atom stereocenters. The van der Waals surface area contributed by atoms with Crippen molar-refractivity contribution in [3.05, 3.63) is 77.1 Å². The molecule has 4 aromatic heterocycles. The fourth-order valence-corrected chi connectivity index (χ4v) is 4.02. The van der Waals surface area contributed by atoms with Crippen molar-refractivity contribution in [3.63, 3.8) is 0 Å². The number of thiophene rings is 1. The highest BCUT2D eigenvalue weighted by atomic mass is 32.1. The zero-order valence-electron chi connectivity index (χ0n) is 16.4. The topological polar surface area (TPSA) is 80.7 Å². The minimum absolute atomic E-state index is 0.0120. The van der Waals surface area contributed by atoms with E-state index in [1.54, 1.807) is 18.6 Å². The van der Waals surface area contributed by atoms with Crippen LogP contribution in [0.5, 0.6) is 0 Å². The van der Waals surface area contributed by atoms with Crippen molar-refractivity contribution in [1.82, 2.24) is 19.9 Å². The average molecular weight is 422 g/mol. The number of halogens is 1. The Balaban J connectivity index is 1.51. The van der Waals surface area contributed by atoms with E-state index in [0.717, 1.165) is 34.8 Å². The number of Topliss-reactive ketones (excluding diaryl/α,β-unsaturated/α-hetero) is 1. The maximum absolute atomic E-state index is 13.5. The van der Waals surface area contributed by atoms with Gasteiger partial charge >= 0.3 is 0 Å². The van der Waals surface area contributed by atoms with Gasteiger partial charge in [0.25, 0.3) is 0 Å². The highest BCUT2D eigenvalue weighted by molar-refractivity contribution is 7.17. The molecule has 0 aliphatic rings. The predicted molar refractivity (Wildman–Crippen MR) is 115 cm³/mol. The normalized spacial score (nSPS) is 12.1. The van der Waals surface area contributed by atoms with Crippen molar-refractivity contribution in [2.24, 2.45) is 0 Å². The number of hydrogen-bond donors (Lipinski definition) is 1. The van der Waals surface area contributed by atoms with Gasteiger partial charge in [-0.15, -0.1) is 11.3 Å². The molecule has 4 heterocycles. The number of fused-ring (bicyclic) bond motifs is 1. The third-order valence-corrected chi connectivity index (χ3v) is 5.67. The van der Waals surface area contributed by atoms with Gasteiger partial charge in [-0.1, -0.05) is 0 Å². The molecule has 0 saturated heterocycles. The molecule has 4 aromatic rings. The summed E-state index contributed by atoms with van der Waals surface area (Å²) in [4.78, 5) is 29.8. The molecule has 0 bridgehead atoms. The number of anilines is 1. The minimum Gasteiger partial charge on any atom is -0.348 e. The second kappa shape index (κ2) is 9.04. The molecule has 8 heteroatoms. The van der Waals surface area contributed by atoms with Crippen LogP contribution in [-0.2, 0) is 6.42 Å². The monoisotopic (exact) mass is 421 g/mol. The van der Waals surface area contributed by atoms with Crippen LogP contribution in [0.15, 0.2) is 54.4 Å². The Labute approximate surface area is 177 Å². The SMILES string of the molecule is C[C@H](Nc1nc(C(=O)CCCc2ccncc2)c2sccc2n1)c1cncc(F)c1. The molecule has 0 amide bonds. The predicted octanol–water partition coefficient (Wildman–Crippen LogP) is 5.00. The van der Waals surface area contributed by atoms with Crippen LogP contribution < -0.4 is 5.32 Å². The summed E-state index contributed by atoms with van der Waals surface area (Å²) in [6.45, 7) is 1.87. The molecule has 0 aliphatic heterocycles. The molecule has 0 aromatic carbocycles. The summed E-state index contributed by atoms with van der Waals surface area (Å²) in [7, 11) is 0. The number of aryl methyl sites for hydroxylation is 1. The quantitative estimate of drug-likeness (QED) is 0.403. The first-order chi connectivity index (χ1) is 14.6. The number of carbonyl (C=O) groups is 1. The number of hydrogen-bond acceptors (Lipinski definition) is 7. The number of nitrogens with one attached hydrogen (secondary N) is 1. The van der Waals surface area contributed by atoms with E-state index in [9.17, 15) is 9.18 Å². The lowest BCUT2D eigenvalue weighted by atomic mass is 10.1. The average Bonchev–Trinajstić information content (AvgIpc) is 3.22. The van der Waals surface area contributed by atoms with Gasteiger partial charge in [0.05, 0.1) is 22.5 Å². The first-order valence-corrected chi connectivity index (χ1v) is 10.5. The fraction of sp³-hybridized carbons (Fsp3) is 0.227. The molecule has 6 nitrogen and oxygen atoms in total. The summed E-state index contributed by atoms with van der Waals surface area (Å²) >= 11 is 1.46. The van der Waals surface area contributed by atoms with E-state index in [1.165, 1.54) is 17.4 Å². The van der Waals surface area contributed by atoms with Crippen LogP contribution in [0.25, 0.3) is 10.2 Å². The Kier molecular flexibility index (Phi) is 6.04. The Bertz CT molecular complexity index is 1160. The van der Waals surface area contributed by atoms with Crippen LogP contribution in [0.1, 0.15) is 47.4 Å². The Hall–Kier alpha value is -3.26. The zero-order chi connectivity index (χ0) is 20.9. The molecule has 1 N–H and O–H groups in total. The summed E-state index contributed by atoms with van der Waals surface area (Å²) in [6.07, 6.45) is 8.19. The highest BCUT2D eigenvalue weighted by Gasteiger charge is 2.17. The standard InChI is InChI=1S/C22H20FN5OS/c1-14(16-11-17(23)13-25-12-16)26-22-27-18-7-10-30-21(18)20(28-22)19(29)4-2-3-15-5-8-24-9-6-15/h5-14H,2-4H2,1H3,(H,26,27,28)/t14-/m0/s1. The second-order valence-corrected chi connectivity index (χ2v) is 7.88. The molecule has 0 spiro atoms. The number of aromatic nitrogens is 4. The molecule has 0 saturated carbocycles. The summed E-state index contributed by atoms with van der Waals surface area (Å²) in [5.41, 5.74) is 2.98. The Morgan fingerprint density at radius 2 is 2.00 bits per heavy atom. The summed E-state index contributed by atoms with van der Waals surface area (Å²) < 4.78 is 14.3. The van der Waals surface area contributed by atoms with Crippen molar-refractivity contribution >= 4 is 33.3 Å². The Morgan fingerprint density at radius 1 is 1.17 bits per heavy atom. The summed E-state index contributed by atoms with van der Waals surface area (Å²) in [6, 6.07) is 6.93. The number of rotatable bonds is 8. The van der Waals surface area contributed by atoms with Crippen molar-refractivity contribution in [2.75, 3.05) is 5.32 Å². The molecule has 0 radical (unpaired) electrons. The zero-order valence-corrected chi connectivity index (χ0v) is 17.2. The van der Waals surface area contributed by atoms with Crippen molar-refractivity contribution < 1.29 is 9.18 Å². The fourth-order valence-electron chi connectivity index (χ4n) is 3.18. The van der Waals surface area contributed by atoms with Gasteiger partial charge in [0.15, 0.2) is 5.78 Å². The van der Waals surface area contributed by atoms with Crippen LogP contribution in [0, 0.1) is 5.82 Å². The molecule has 4 rings (SSSR count). The van der Waals surface area contributed by atoms with Crippen LogP contribution in [0.2, 0.25) is 0 Å². The maximum Gasteiger partial charge on any atom is 0.224 e. The van der Waals surface area contributed by atoms with Crippen LogP contribution in [0.4, 0.5) is 10.3 Å². The molecular weight excluding hydrogens is 401 g/mol. The van der Waals surface area contributed by atoms with Crippen molar-refractivity contribution in [3.8, 4) is 0 Å². The highest BCUT2D eigenvalue weighted by Crippen LogP contribution is 2.26. The third-order valence-electron chi connectivity index (χ3n) is 4.76. The van der Waals surface area contributed by atoms with E-state index in [0.29, 0.717) is 23.6 Å².